The van der Waals surface area contributed by atoms with E-state index >= 15 is 0 Å². The Labute approximate surface area is 121 Å². The van der Waals surface area contributed by atoms with Crippen molar-refractivity contribution in [1.82, 2.24) is 10.2 Å². The van der Waals surface area contributed by atoms with Gasteiger partial charge in [0.2, 0.25) is 0 Å². The Morgan fingerprint density at radius 1 is 1.42 bits per heavy atom. The summed E-state index contributed by atoms with van der Waals surface area (Å²) in [7, 11) is 0. The van der Waals surface area contributed by atoms with Gasteiger partial charge in [-0.3, -0.25) is 4.90 Å². The lowest BCUT2D eigenvalue weighted by atomic mass is 9.98. The normalized spacial score (nSPS) is 18.5. The van der Waals surface area contributed by atoms with Crippen molar-refractivity contribution in [1.29, 1.82) is 0 Å². The van der Waals surface area contributed by atoms with Crippen LogP contribution < -0.4 is 5.32 Å². The second-order valence-corrected chi connectivity index (χ2v) is 5.83. The van der Waals surface area contributed by atoms with E-state index in [9.17, 15) is 9.50 Å². The van der Waals surface area contributed by atoms with Crippen LogP contribution in [0.15, 0.2) is 16.6 Å². The van der Waals surface area contributed by atoms with Gasteiger partial charge in [0.1, 0.15) is 0 Å². The predicted molar refractivity (Wildman–Crippen MR) is 77.9 cm³/mol. The first-order valence-electron chi connectivity index (χ1n) is 6.76. The predicted octanol–water partition coefficient (Wildman–Crippen LogP) is 3.04. The van der Waals surface area contributed by atoms with Gasteiger partial charge in [-0.25, -0.2) is 4.39 Å². The molecule has 2 rings (SSSR count). The van der Waals surface area contributed by atoms with Gasteiger partial charge in [0.15, 0.2) is 11.6 Å². The maximum atomic E-state index is 13.7. The van der Waals surface area contributed by atoms with Crippen molar-refractivity contribution in [2.24, 2.45) is 0 Å². The molecule has 19 heavy (non-hydrogen) atoms. The summed E-state index contributed by atoms with van der Waals surface area (Å²) in [6.07, 6.45) is 1.92. The van der Waals surface area contributed by atoms with Crippen LogP contribution >= 0.6 is 15.9 Å². The number of rotatable bonds is 4. The van der Waals surface area contributed by atoms with Gasteiger partial charge in [0.25, 0.3) is 0 Å². The zero-order valence-electron chi connectivity index (χ0n) is 11.1. The number of hydrogen-bond donors (Lipinski definition) is 2. The standard InChI is InChI=1S/C14H20BrFN2O/c1-2-3-13(18-6-4-17-5-7-18)11-8-10(15)9-12(16)14(11)19/h8-9,13,17,19H,2-7H2,1H3/t13-/m0/s1. The van der Waals surface area contributed by atoms with Crippen LogP contribution in [0.4, 0.5) is 4.39 Å². The fraction of sp³-hybridized carbons (Fsp3) is 0.571. The average molecular weight is 331 g/mol. The first kappa shape index (κ1) is 14.8. The number of hydrogen-bond acceptors (Lipinski definition) is 3. The van der Waals surface area contributed by atoms with Gasteiger partial charge >= 0.3 is 0 Å². The van der Waals surface area contributed by atoms with Crippen LogP contribution in [-0.2, 0) is 0 Å². The van der Waals surface area contributed by atoms with Gasteiger partial charge in [-0.05, 0) is 18.6 Å². The minimum atomic E-state index is -0.555. The minimum absolute atomic E-state index is 0.0825. The van der Waals surface area contributed by atoms with Crippen LogP contribution in [0.5, 0.6) is 5.75 Å². The maximum Gasteiger partial charge on any atom is 0.166 e. The van der Waals surface area contributed by atoms with Crippen LogP contribution in [-0.4, -0.2) is 36.2 Å². The van der Waals surface area contributed by atoms with E-state index in [0.29, 0.717) is 10.0 Å². The van der Waals surface area contributed by atoms with E-state index in [-0.39, 0.29) is 11.8 Å². The lowest BCUT2D eigenvalue weighted by Crippen LogP contribution is -2.45. The maximum absolute atomic E-state index is 13.7. The molecule has 1 saturated heterocycles. The topological polar surface area (TPSA) is 35.5 Å². The number of piperazine rings is 1. The van der Waals surface area contributed by atoms with E-state index in [1.807, 2.05) is 6.07 Å². The SMILES string of the molecule is CCC[C@@H](c1cc(Br)cc(F)c1O)N1CCNCC1. The van der Waals surface area contributed by atoms with Gasteiger partial charge in [-0.2, -0.15) is 0 Å². The molecule has 1 heterocycles. The third-order valence-corrected chi connectivity index (χ3v) is 4.03. The molecular weight excluding hydrogens is 311 g/mol. The third kappa shape index (κ3) is 3.46. The second-order valence-electron chi connectivity index (χ2n) is 4.92. The molecule has 0 aromatic heterocycles. The number of nitrogens with one attached hydrogen (secondary N) is 1. The molecule has 0 bridgehead atoms. The summed E-state index contributed by atoms with van der Waals surface area (Å²) in [5.41, 5.74) is 0.690. The number of benzene rings is 1. The molecule has 1 fully saturated rings. The molecule has 1 atom stereocenters. The molecule has 0 amide bonds. The summed E-state index contributed by atoms with van der Waals surface area (Å²) >= 11 is 3.31. The molecule has 0 radical (unpaired) electrons. The van der Waals surface area contributed by atoms with Crippen molar-refractivity contribution in [3.05, 3.63) is 28.0 Å². The number of nitrogens with zero attached hydrogens (tertiary/aromatic N) is 1. The van der Waals surface area contributed by atoms with E-state index in [1.165, 1.54) is 6.07 Å². The lowest BCUT2D eigenvalue weighted by Gasteiger charge is -2.35. The zero-order valence-corrected chi connectivity index (χ0v) is 12.7. The third-order valence-electron chi connectivity index (χ3n) is 3.57. The van der Waals surface area contributed by atoms with Crippen LogP contribution in [0.1, 0.15) is 31.4 Å². The van der Waals surface area contributed by atoms with Gasteiger partial charge in [0, 0.05) is 42.3 Å². The molecular formula is C14H20BrFN2O. The highest BCUT2D eigenvalue weighted by molar-refractivity contribution is 9.10. The Morgan fingerprint density at radius 2 is 2.11 bits per heavy atom. The van der Waals surface area contributed by atoms with Crippen molar-refractivity contribution >= 4 is 15.9 Å². The Morgan fingerprint density at radius 3 is 2.74 bits per heavy atom. The Bertz CT molecular complexity index is 436. The molecule has 106 valence electrons. The van der Waals surface area contributed by atoms with Crippen LogP contribution in [0.3, 0.4) is 0 Å². The van der Waals surface area contributed by atoms with E-state index in [4.69, 9.17) is 0 Å². The van der Waals surface area contributed by atoms with E-state index < -0.39 is 5.82 Å². The van der Waals surface area contributed by atoms with Crippen molar-refractivity contribution in [3.8, 4) is 5.75 Å². The molecule has 1 aromatic carbocycles. The quantitative estimate of drug-likeness (QED) is 0.890. The highest BCUT2D eigenvalue weighted by atomic mass is 79.9. The van der Waals surface area contributed by atoms with Crippen molar-refractivity contribution in [3.63, 3.8) is 0 Å². The smallest absolute Gasteiger partial charge is 0.166 e. The molecule has 3 nitrogen and oxygen atoms in total. The fourth-order valence-electron chi connectivity index (χ4n) is 2.64. The molecule has 0 unspecified atom stereocenters. The average Bonchev–Trinajstić information content (AvgIpc) is 2.41. The second kappa shape index (κ2) is 6.68. The summed E-state index contributed by atoms with van der Waals surface area (Å²) in [5.74, 6) is -0.763. The molecule has 0 aliphatic carbocycles. The summed E-state index contributed by atoms with van der Waals surface area (Å²) in [5, 5.41) is 13.3. The van der Waals surface area contributed by atoms with Crippen LogP contribution in [0, 0.1) is 5.82 Å². The largest absolute Gasteiger partial charge is 0.505 e. The monoisotopic (exact) mass is 330 g/mol. The Balaban J connectivity index is 2.32. The first-order chi connectivity index (χ1) is 9.13. The zero-order chi connectivity index (χ0) is 13.8. The molecule has 0 saturated carbocycles. The molecule has 1 aliphatic heterocycles. The van der Waals surface area contributed by atoms with Gasteiger partial charge < -0.3 is 10.4 Å². The highest BCUT2D eigenvalue weighted by Gasteiger charge is 2.25. The van der Waals surface area contributed by atoms with Gasteiger partial charge in [-0.15, -0.1) is 0 Å². The summed E-state index contributed by atoms with van der Waals surface area (Å²) in [6.45, 7) is 5.85. The highest BCUT2D eigenvalue weighted by Crippen LogP contribution is 2.36. The molecule has 2 N–H and O–H groups in total. The summed E-state index contributed by atoms with van der Waals surface area (Å²) < 4.78 is 14.4. The number of aromatic hydroxyl groups is 1. The lowest BCUT2D eigenvalue weighted by molar-refractivity contribution is 0.161. The van der Waals surface area contributed by atoms with Crippen molar-refractivity contribution in [2.45, 2.75) is 25.8 Å². The molecule has 0 spiro atoms. The molecule has 1 aromatic rings. The summed E-state index contributed by atoms with van der Waals surface area (Å²) in [4.78, 5) is 2.32. The number of phenolic OH excluding ortho intramolecular Hbond substituents is 1. The van der Waals surface area contributed by atoms with Gasteiger partial charge in [0.05, 0.1) is 0 Å². The van der Waals surface area contributed by atoms with E-state index in [1.54, 1.807) is 0 Å². The summed E-state index contributed by atoms with van der Waals surface area (Å²) in [6, 6.07) is 3.22. The Kier molecular flexibility index (Phi) is 5.19. The first-order valence-corrected chi connectivity index (χ1v) is 7.55. The van der Waals surface area contributed by atoms with E-state index in [2.05, 4.69) is 33.1 Å². The van der Waals surface area contributed by atoms with Crippen molar-refractivity contribution in [2.75, 3.05) is 26.2 Å². The van der Waals surface area contributed by atoms with Gasteiger partial charge in [-0.1, -0.05) is 29.3 Å². The van der Waals surface area contributed by atoms with Crippen LogP contribution in [0.25, 0.3) is 0 Å². The number of phenols is 1. The molecule has 1 aliphatic rings. The van der Waals surface area contributed by atoms with Crippen LogP contribution in [0.2, 0.25) is 0 Å². The minimum Gasteiger partial charge on any atom is -0.505 e. The fourth-order valence-corrected chi connectivity index (χ4v) is 3.09. The Hall–Kier alpha value is -0.650. The molecule has 5 heteroatoms. The van der Waals surface area contributed by atoms with Crippen molar-refractivity contribution < 1.29 is 9.50 Å². The number of halogens is 2. The van der Waals surface area contributed by atoms with E-state index in [0.717, 1.165) is 39.0 Å².